The average Bonchev–Trinajstić information content (AvgIpc) is 3.01. The van der Waals surface area contributed by atoms with Crippen LogP contribution in [0.15, 0.2) is 58.8 Å². The molecular weight excluding hydrogens is 378 g/mol. The molecule has 132 valence electrons. The Hall–Kier alpha value is -2.91. The number of halogens is 1. The van der Waals surface area contributed by atoms with Gasteiger partial charge in [0.25, 0.3) is 11.6 Å². The van der Waals surface area contributed by atoms with Crippen molar-refractivity contribution in [3.8, 4) is 0 Å². The quantitative estimate of drug-likeness (QED) is 0.526. The maximum absolute atomic E-state index is 12.3. The van der Waals surface area contributed by atoms with Gasteiger partial charge >= 0.3 is 0 Å². The summed E-state index contributed by atoms with van der Waals surface area (Å²) in [6.07, 6.45) is 1.62. The summed E-state index contributed by atoms with van der Waals surface area (Å²) in [4.78, 5) is 23.4. The van der Waals surface area contributed by atoms with E-state index in [-0.39, 0.29) is 16.3 Å². The number of nitrogens with zero attached hydrogens (tertiary/aromatic N) is 4. The highest BCUT2D eigenvalue weighted by Gasteiger charge is 2.15. The molecule has 1 aromatic heterocycles. The van der Waals surface area contributed by atoms with Gasteiger partial charge in [0, 0.05) is 29.8 Å². The molecule has 2 aromatic carbocycles. The number of nitrogens with one attached hydrogen (secondary N) is 1. The van der Waals surface area contributed by atoms with Crippen molar-refractivity contribution in [2.45, 2.75) is 10.1 Å². The number of hydrogen-bond acceptors (Lipinski definition) is 6. The number of nitro groups is 1. The van der Waals surface area contributed by atoms with Crippen molar-refractivity contribution in [2.75, 3.05) is 5.32 Å². The number of hydrogen-bond donors (Lipinski definition) is 1. The summed E-state index contributed by atoms with van der Waals surface area (Å²) < 4.78 is 1.80. The smallest absolute Gasteiger partial charge is 0.270 e. The van der Waals surface area contributed by atoms with Gasteiger partial charge in [-0.25, -0.2) is 0 Å². The number of amides is 1. The lowest BCUT2D eigenvalue weighted by Crippen LogP contribution is -2.12. The van der Waals surface area contributed by atoms with E-state index < -0.39 is 10.8 Å². The van der Waals surface area contributed by atoms with Gasteiger partial charge in [-0.1, -0.05) is 11.6 Å². The highest BCUT2D eigenvalue weighted by atomic mass is 35.5. The van der Waals surface area contributed by atoms with Crippen molar-refractivity contribution in [1.29, 1.82) is 0 Å². The van der Waals surface area contributed by atoms with E-state index in [1.54, 1.807) is 23.0 Å². The van der Waals surface area contributed by atoms with E-state index in [0.717, 1.165) is 16.1 Å². The van der Waals surface area contributed by atoms with Crippen molar-refractivity contribution in [3.63, 3.8) is 0 Å². The molecule has 0 aliphatic carbocycles. The minimum Gasteiger partial charge on any atom is -0.322 e. The predicted molar refractivity (Wildman–Crippen MR) is 97.6 cm³/mol. The van der Waals surface area contributed by atoms with E-state index in [1.807, 2.05) is 19.2 Å². The standard InChI is InChI=1S/C16H12ClN5O3S/c1-21-9-18-20-16(21)26-12-5-2-10(3-6-12)19-15(23)13-7-4-11(22(24)25)8-14(13)17/h2-9H,1H3,(H,19,23). The molecule has 0 spiro atoms. The molecule has 3 rings (SSSR count). The zero-order chi connectivity index (χ0) is 18.7. The topological polar surface area (TPSA) is 103 Å². The molecule has 0 aliphatic heterocycles. The van der Waals surface area contributed by atoms with E-state index in [9.17, 15) is 14.9 Å². The summed E-state index contributed by atoms with van der Waals surface area (Å²) in [5, 5.41) is 22.0. The Balaban J connectivity index is 1.70. The summed E-state index contributed by atoms with van der Waals surface area (Å²) in [7, 11) is 1.85. The third kappa shape index (κ3) is 4.01. The summed E-state index contributed by atoms with van der Waals surface area (Å²) in [5.41, 5.74) is 0.568. The van der Waals surface area contributed by atoms with Crippen LogP contribution in [-0.2, 0) is 7.05 Å². The molecule has 0 fully saturated rings. The zero-order valence-electron chi connectivity index (χ0n) is 13.4. The molecule has 3 aromatic rings. The number of rotatable bonds is 5. The van der Waals surface area contributed by atoms with Crippen LogP contribution in [0.3, 0.4) is 0 Å². The molecule has 1 amide bonds. The fourth-order valence-electron chi connectivity index (χ4n) is 2.08. The van der Waals surface area contributed by atoms with Crippen molar-refractivity contribution < 1.29 is 9.72 Å². The van der Waals surface area contributed by atoms with Crippen LogP contribution in [0.25, 0.3) is 0 Å². The molecule has 0 saturated carbocycles. The van der Waals surface area contributed by atoms with Crippen molar-refractivity contribution in [3.05, 3.63) is 69.5 Å². The van der Waals surface area contributed by atoms with Crippen LogP contribution in [0.4, 0.5) is 11.4 Å². The van der Waals surface area contributed by atoms with E-state index in [4.69, 9.17) is 11.6 Å². The maximum Gasteiger partial charge on any atom is 0.270 e. The zero-order valence-corrected chi connectivity index (χ0v) is 15.0. The molecule has 0 atom stereocenters. The van der Waals surface area contributed by atoms with E-state index in [2.05, 4.69) is 15.5 Å². The number of carbonyl (C=O) groups excluding carboxylic acids is 1. The SMILES string of the molecule is Cn1cnnc1Sc1ccc(NC(=O)c2ccc([N+](=O)[O-])cc2Cl)cc1. The largest absolute Gasteiger partial charge is 0.322 e. The van der Waals surface area contributed by atoms with Crippen LogP contribution in [0.1, 0.15) is 10.4 Å². The van der Waals surface area contributed by atoms with Crippen LogP contribution in [-0.4, -0.2) is 25.6 Å². The minimum absolute atomic E-state index is 0.0196. The van der Waals surface area contributed by atoms with E-state index >= 15 is 0 Å². The molecule has 1 heterocycles. The second kappa shape index (κ2) is 7.54. The first-order valence-corrected chi connectivity index (χ1v) is 8.50. The molecule has 26 heavy (non-hydrogen) atoms. The molecule has 1 N–H and O–H groups in total. The molecule has 0 saturated heterocycles. The van der Waals surface area contributed by atoms with Gasteiger partial charge in [0.2, 0.25) is 0 Å². The maximum atomic E-state index is 12.3. The molecule has 0 unspecified atom stereocenters. The number of benzene rings is 2. The molecular formula is C16H12ClN5O3S. The fraction of sp³-hybridized carbons (Fsp3) is 0.0625. The minimum atomic E-state index is -0.568. The normalized spacial score (nSPS) is 10.5. The van der Waals surface area contributed by atoms with E-state index in [1.165, 1.54) is 23.9 Å². The summed E-state index contributed by atoms with van der Waals surface area (Å²) >= 11 is 7.41. The monoisotopic (exact) mass is 389 g/mol. The number of nitro benzene ring substituents is 1. The Morgan fingerprint density at radius 2 is 2.00 bits per heavy atom. The van der Waals surface area contributed by atoms with Crippen molar-refractivity contribution >= 4 is 40.6 Å². The highest BCUT2D eigenvalue weighted by Crippen LogP contribution is 2.27. The van der Waals surface area contributed by atoms with Gasteiger partial charge in [-0.3, -0.25) is 14.9 Å². The first-order valence-electron chi connectivity index (χ1n) is 7.31. The van der Waals surface area contributed by atoms with Crippen LogP contribution >= 0.6 is 23.4 Å². The number of anilines is 1. The van der Waals surface area contributed by atoms with Crippen molar-refractivity contribution in [2.24, 2.45) is 7.05 Å². The van der Waals surface area contributed by atoms with Gasteiger partial charge in [-0.15, -0.1) is 10.2 Å². The second-order valence-electron chi connectivity index (χ2n) is 5.23. The van der Waals surface area contributed by atoms with Gasteiger partial charge in [0.05, 0.1) is 15.5 Å². The average molecular weight is 390 g/mol. The molecule has 0 bridgehead atoms. The van der Waals surface area contributed by atoms with Crippen molar-refractivity contribution in [1.82, 2.24) is 14.8 Å². The van der Waals surface area contributed by atoms with Gasteiger partial charge in [0.15, 0.2) is 5.16 Å². The number of aryl methyl sites for hydroxylation is 1. The first kappa shape index (κ1) is 17.9. The molecule has 10 heteroatoms. The second-order valence-corrected chi connectivity index (χ2v) is 6.67. The number of non-ortho nitro benzene ring substituents is 1. The Kier molecular flexibility index (Phi) is 5.19. The fourth-order valence-corrected chi connectivity index (χ4v) is 3.10. The lowest BCUT2D eigenvalue weighted by atomic mass is 10.2. The van der Waals surface area contributed by atoms with Gasteiger partial charge in [-0.2, -0.15) is 0 Å². The summed E-state index contributed by atoms with van der Waals surface area (Å²) in [5.74, 6) is -0.446. The third-order valence-electron chi connectivity index (χ3n) is 3.40. The first-order chi connectivity index (χ1) is 12.4. The number of carbonyl (C=O) groups is 1. The summed E-state index contributed by atoms with van der Waals surface area (Å²) in [6.45, 7) is 0. The van der Waals surface area contributed by atoms with Gasteiger partial charge < -0.3 is 9.88 Å². The third-order valence-corrected chi connectivity index (χ3v) is 4.77. The van der Waals surface area contributed by atoms with E-state index in [0.29, 0.717) is 5.69 Å². The van der Waals surface area contributed by atoms with Crippen LogP contribution in [0, 0.1) is 10.1 Å². The molecule has 8 nitrogen and oxygen atoms in total. The molecule has 0 radical (unpaired) electrons. The Morgan fingerprint density at radius 1 is 1.27 bits per heavy atom. The molecule has 0 aliphatic rings. The highest BCUT2D eigenvalue weighted by molar-refractivity contribution is 7.99. The lowest BCUT2D eigenvalue weighted by molar-refractivity contribution is -0.384. The van der Waals surface area contributed by atoms with Gasteiger partial charge in [0.1, 0.15) is 6.33 Å². The van der Waals surface area contributed by atoms with Crippen LogP contribution < -0.4 is 5.32 Å². The van der Waals surface area contributed by atoms with Gasteiger partial charge in [-0.05, 0) is 42.1 Å². The Bertz CT molecular complexity index is 974. The van der Waals surface area contributed by atoms with Crippen LogP contribution in [0.5, 0.6) is 0 Å². The lowest BCUT2D eigenvalue weighted by Gasteiger charge is -2.07. The van der Waals surface area contributed by atoms with Crippen LogP contribution in [0.2, 0.25) is 5.02 Å². The summed E-state index contributed by atoms with van der Waals surface area (Å²) in [6, 6.07) is 10.9. The predicted octanol–water partition coefficient (Wildman–Crippen LogP) is 3.78. The Morgan fingerprint density at radius 3 is 2.58 bits per heavy atom. The Labute approximate surface area is 157 Å². The number of aromatic nitrogens is 3.